The predicted molar refractivity (Wildman–Crippen MR) is 95.2 cm³/mol. The number of sulfonamides is 1. The van der Waals surface area contributed by atoms with Crippen LogP contribution < -0.4 is 4.72 Å². The first-order chi connectivity index (χ1) is 11.6. The quantitative estimate of drug-likeness (QED) is 0.815. The molecule has 0 amide bonds. The first kappa shape index (κ1) is 17.9. The molecular formula is C18H28N2O3S. The van der Waals surface area contributed by atoms with Crippen LogP contribution in [0.2, 0.25) is 0 Å². The van der Waals surface area contributed by atoms with Crippen LogP contribution in [0.4, 0.5) is 0 Å². The van der Waals surface area contributed by atoms with E-state index in [4.69, 9.17) is 4.74 Å². The molecule has 0 saturated carbocycles. The highest BCUT2D eigenvalue weighted by Gasteiger charge is 2.36. The van der Waals surface area contributed by atoms with Crippen molar-refractivity contribution >= 4 is 10.0 Å². The summed E-state index contributed by atoms with van der Waals surface area (Å²) < 4.78 is 33.3. The van der Waals surface area contributed by atoms with E-state index in [1.165, 1.54) is 12.8 Å². The smallest absolute Gasteiger partial charge is 0.215 e. The van der Waals surface area contributed by atoms with E-state index in [1.54, 1.807) is 0 Å². The van der Waals surface area contributed by atoms with Gasteiger partial charge in [-0.1, -0.05) is 30.3 Å². The molecule has 6 heteroatoms. The molecule has 0 bridgehead atoms. The van der Waals surface area contributed by atoms with Crippen LogP contribution in [-0.4, -0.2) is 52.7 Å². The Hall–Kier alpha value is -0.950. The van der Waals surface area contributed by atoms with E-state index in [0.717, 1.165) is 51.3 Å². The zero-order chi connectivity index (χ0) is 16.9. The molecule has 1 aromatic rings. The van der Waals surface area contributed by atoms with Crippen molar-refractivity contribution in [3.05, 3.63) is 35.9 Å². The molecule has 134 valence electrons. The summed E-state index contributed by atoms with van der Waals surface area (Å²) in [6.07, 6.45) is 4.37. The molecule has 0 atom stereocenters. The number of hydrogen-bond acceptors (Lipinski definition) is 4. The fourth-order valence-electron chi connectivity index (χ4n) is 3.72. The lowest BCUT2D eigenvalue weighted by Gasteiger charge is -2.40. The molecule has 2 fully saturated rings. The summed E-state index contributed by atoms with van der Waals surface area (Å²) in [7, 11) is -3.32. The molecule has 0 radical (unpaired) electrons. The molecule has 3 rings (SSSR count). The standard InChI is InChI=1S/C18H28N2O3S/c21-24(22,14-17-6-2-1-3-7-17)19-15-18(8-12-23-13-9-18)16-20-10-4-5-11-20/h1-3,6-7,19H,4-5,8-16H2. The van der Waals surface area contributed by atoms with Gasteiger partial charge in [-0.05, 0) is 44.3 Å². The maximum absolute atomic E-state index is 12.5. The first-order valence-corrected chi connectivity index (χ1v) is 10.5. The second kappa shape index (κ2) is 7.95. The van der Waals surface area contributed by atoms with Gasteiger partial charge < -0.3 is 9.64 Å². The fourth-order valence-corrected chi connectivity index (χ4v) is 4.98. The minimum absolute atomic E-state index is 0.00630. The Balaban J connectivity index is 1.61. The topological polar surface area (TPSA) is 58.6 Å². The highest BCUT2D eigenvalue weighted by Crippen LogP contribution is 2.32. The number of likely N-dealkylation sites (tertiary alicyclic amines) is 1. The summed E-state index contributed by atoms with van der Waals surface area (Å²) in [5, 5.41) is 0. The van der Waals surface area contributed by atoms with Crippen molar-refractivity contribution < 1.29 is 13.2 Å². The zero-order valence-electron chi connectivity index (χ0n) is 14.2. The zero-order valence-corrected chi connectivity index (χ0v) is 15.1. The van der Waals surface area contributed by atoms with Crippen molar-refractivity contribution in [2.45, 2.75) is 31.4 Å². The van der Waals surface area contributed by atoms with Crippen LogP contribution in [0.25, 0.3) is 0 Å². The normalized spacial score (nSPS) is 21.8. The van der Waals surface area contributed by atoms with Gasteiger partial charge >= 0.3 is 0 Å². The average molecular weight is 353 g/mol. The van der Waals surface area contributed by atoms with E-state index in [1.807, 2.05) is 30.3 Å². The van der Waals surface area contributed by atoms with E-state index in [9.17, 15) is 8.42 Å². The van der Waals surface area contributed by atoms with Gasteiger partial charge in [0.2, 0.25) is 10.0 Å². The monoisotopic (exact) mass is 352 g/mol. The van der Waals surface area contributed by atoms with Gasteiger partial charge in [0, 0.05) is 31.7 Å². The lowest BCUT2D eigenvalue weighted by Crippen LogP contribution is -2.48. The average Bonchev–Trinajstić information content (AvgIpc) is 3.07. The third-order valence-electron chi connectivity index (χ3n) is 5.18. The van der Waals surface area contributed by atoms with Gasteiger partial charge in [-0.15, -0.1) is 0 Å². The molecule has 2 aliphatic heterocycles. The molecule has 2 aliphatic rings. The minimum atomic E-state index is -3.32. The number of nitrogens with one attached hydrogen (secondary N) is 1. The Bertz CT molecular complexity index is 606. The Morgan fingerprint density at radius 2 is 1.75 bits per heavy atom. The van der Waals surface area contributed by atoms with Gasteiger partial charge in [-0.3, -0.25) is 0 Å². The first-order valence-electron chi connectivity index (χ1n) is 8.88. The van der Waals surface area contributed by atoms with E-state index in [2.05, 4.69) is 9.62 Å². The lowest BCUT2D eigenvalue weighted by atomic mass is 9.80. The third-order valence-corrected chi connectivity index (χ3v) is 6.48. The summed E-state index contributed by atoms with van der Waals surface area (Å²) in [5.41, 5.74) is 0.831. The molecule has 1 N–H and O–H groups in total. The number of benzene rings is 1. The Kier molecular flexibility index (Phi) is 5.92. The van der Waals surface area contributed by atoms with Crippen molar-refractivity contribution in [2.24, 2.45) is 5.41 Å². The molecule has 0 aliphatic carbocycles. The Labute approximate surface area is 145 Å². The second-order valence-electron chi connectivity index (χ2n) is 7.16. The fraction of sp³-hybridized carbons (Fsp3) is 0.667. The lowest BCUT2D eigenvalue weighted by molar-refractivity contribution is 0.00156. The molecule has 0 unspecified atom stereocenters. The van der Waals surface area contributed by atoms with E-state index in [-0.39, 0.29) is 11.2 Å². The van der Waals surface area contributed by atoms with Crippen LogP contribution in [0.3, 0.4) is 0 Å². The molecule has 24 heavy (non-hydrogen) atoms. The van der Waals surface area contributed by atoms with Crippen molar-refractivity contribution in [2.75, 3.05) is 39.4 Å². The maximum Gasteiger partial charge on any atom is 0.215 e. The van der Waals surface area contributed by atoms with Crippen LogP contribution in [-0.2, 0) is 20.5 Å². The van der Waals surface area contributed by atoms with Crippen LogP contribution >= 0.6 is 0 Å². The molecule has 2 saturated heterocycles. The van der Waals surface area contributed by atoms with Gasteiger partial charge in [0.1, 0.15) is 0 Å². The van der Waals surface area contributed by atoms with Crippen LogP contribution in [0, 0.1) is 5.41 Å². The number of ether oxygens (including phenoxy) is 1. The summed E-state index contributed by atoms with van der Waals surface area (Å²) in [6.45, 7) is 5.23. The van der Waals surface area contributed by atoms with Crippen LogP contribution in [0.1, 0.15) is 31.2 Å². The minimum Gasteiger partial charge on any atom is -0.381 e. The van der Waals surface area contributed by atoms with Gasteiger partial charge in [-0.2, -0.15) is 0 Å². The Morgan fingerprint density at radius 1 is 1.08 bits per heavy atom. The van der Waals surface area contributed by atoms with Crippen molar-refractivity contribution in [3.63, 3.8) is 0 Å². The molecule has 0 aromatic heterocycles. The number of rotatable bonds is 7. The highest BCUT2D eigenvalue weighted by atomic mass is 32.2. The van der Waals surface area contributed by atoms with Crippen molar-refractivity contribution in [3.8, 4) is 0 Å². The summed E-state index contributed by atoms with van der Waals surface area (Å²) >= 11 is 0. The summed E-state index contributed by atoms with van der Waals surface area (Å²) in [4.78, 5) is 2.48. The van der Waals surface area contributed by atoms with Gasteiger partial charge in [0.05, 0.1) is 5.75 Å². The molecule has 5 nitrogen and oxygen atoms in total. The Morgan fingerprint density at radius 3 is 2.42 bits per heavy atom. The molecule has 1 aromatic carbocycles. The van der Waals surface area contributed by atoms with Crippen molar-refractivity contribution in [1.82, 2.24) is 9.62 Å². The number of hydrogen-bond donors (Lipinski definition) is 1. The summed E-state index contributed by atoms with van der Waals surface area (Å²) in [5.74, 6) is 0.0458. The number of nitrogens with zero attached hydrogens (tertiary/aromatic N) is 1. The molecule has 2 heterocycles. The predicted octanol–water partition coefficient (Wildman–Crippen LogP) is 2.00. The molecular weight excluding hydrogens is 324 g/mol. The largest absolute Gasteiger partial charge is 0.381 e. The second-order valence-corrected chi connectivity index (χ2v) is 8.97. The van der Waals surface area contributed by atoms with Crippen LogP contribution in [0.15, 0.2) is 30.3 Å². The molecule has 0 spiro atoms. The van der Waals surface area contributed by atoms with E-state index >= 15 is 0 Å². The van der Waals surface area contributed by atoms with Crippen LogP contribution in [0.5, 0.6) is 0 Å². The van der Waals surface area contributed by atoms with Gasteiger partial charge in [0.25, 0.3) is 0 Å². The SMILES string of the molecule is O=S(=O)(Cc1ccccc1)NCC1(CN2CCCC2)CCOCC1. The van der Waals surface area contributed by atoms with E-state index < -0.39 is 10.0 Å². The van der Waals surface area contributed by atoms with Crippen molar-refractivity contribution in [1.29, 1.82) is 0 Å². The highest BCUT2D eigenvalue weighted by molar-refractivity contribution is 7.88. The summed E-state index contributed by atoms with van der Waals surface area (Å²) in [6, 6.07) is 9.36. The van der Waals surface area contributed by atoms with E-state index in [0.29, 0.717) is 6.54 Å². The maximum atomic E-state index is 12.5. The van der Waals surface area contributed by atoms with Gasteiger partial charge in [0.15, 0.2) is 0 Å². The van der Waals surface area contributed by atoms with Gasteiger partial charge in [-0.25, -0.2) is 13.1 Å². The third kappa shape index (κ3) is 5.02.